The molecule has 0 aromatic heterocycles. The van der Waals surface area contributed by atoms with Gasteiger partial charge in [0.25, 0.3) is 0 Å². The van der Waals surface area contributed by atoms with Crippen molar-refractivity contribution in [1.29, 1.82) is 0 Å². The number of aliphatic carboxylic acids is 1. The van der Waals surface area contributed by atoms with Crippen LogP contribution in [0.25, 0.3) is 0 Å². The first-order chi connectivity index (χ1) is 30.6. The molecule has 0 aromatic rings. The largest absolute Gasteiger partial charge is 0.481 e. The minimum Gasteiger partial charge on any atom is -0.481 e. The Morgan fingerprint density at radius 2 is 1.28 bits per heavy atom. The average molecular weight is 926 g/mol. The number of esters is 1. The Balaban J connectivity index is 1.84. The van der Waals surface area contributed by atoms with Crippen molar-refractivity contribution in [1.82, 2.24) is 0 Å². The van der Waals surface area contributed by atoms with Gasteiger partial charge in [-0.1, -0.05) is 86.8 Å². The van der Waals surface area contributed by atoms with Crippen LogP contribution < -0.4 is 5.73 Å². The molecule has 0 spiro atoms. The number of carbonyl (C=O) groups is 2. The number of carbonyl (C=O) groups excluding carboxylic acids is 1. The third kappa shape index (κ3) is 18.8. The predicted molar refractivity (Wildman–Crippen MR) is 237 cm³/mol. The highest BCUT2D eigenvalue weighted by Crippen LogP contribution is 2.38. The van der Waals surface area contributed by atoms with Crippen molar-refractivity contribution in [2.24, 2.45) is 23.5 Å². The van der Waals surface area contributed by atoms with E-state index in [-0.39, 0.29) is 38.0 Å². The standard InChI is InChI=1S/C47H75NO17/c1-27-17-15-13-11-9-7-5-6-8-10-12-14-16-18-34(64-46-44(58)41(48)43(57)30(4)63-46)24-38-40(45(59)60)37(54)26-47(61,65-38)25-36(53)35(52)20-19-31(49)21-32(50)22-33(51)23-39(55)62-29(3)28(2)42(27)56/h5-6,8,10-18,27-38,40-44,46,49-54,56-58,61H,7,9,19-26,48H2,1-4H3,(H,59,60)/t27-,28-,29-,30+,31+,32+,33-,34+,35+,36-,37-,38-,40-,41-,42+,43+,44-,46+,47+/m0/s1. The number of rotatable bonds is 3. The first-order valence-corrected chi connectivity index (χ1v) is 22.6. The minimum absolute atomic E-state index is 0.138. The van der Waals surface area contributed by atoms with Crippen molar-refractivity contribution in [3.8, 4) is 0 Å². The van der Waals surface area contributed by atoms with E-state index >= 15 is 0 Å². The first-order valence-electron chi connectivity index (χ1n) is 22.6. The lowest BCUT2D eigenvalue weighted by molar-refractivity contribution is -0.310. The van der Waals surface area contributed by atoms with E-state index in [0.29, 0.717) is 0 Å². The van der Waals surface area contributed by atoms with E-state index in [0.717, 1.165) is 12.8 Å². The molecular formula is C47H75NO17. The lowest BCUT2D eigenvalue weighted by Crippen LogP contribution is -2.61. The van der Waals surface area contributed by atoms with E-state index < -0.39 is 141 Å². The second-order valence-electron chi connectivity index (χ2n) is 17.8. The second-order valence-corrected chi connectivity index (χ2v) is 17.8. The van der Waals surface area contributed by atoms with Crippen LogP contribution in [0.15, 0.2) is 72.9 Å². The van der Waals surface area contributed by atoms with E-state index in [2.05, 4.69) is 0 Å². The zero-order valence-electron chi connectivity index (χ0n) is 37.8. The molecule has 0 aromatic carbocycles. The molecule has 0 radical (unpaired) electrons. The van der Waals surface area contributed by atoms with Crippen LogP contribution in [0.4, 0.5) is 0 Å². The number of aliphatic hydroxyl groups excluding tert-OH is 9. The third-order valence-corrected chi connectivity index (χ3v) is 12.2. The summed E-state index contributed by atoms with van der Waals surface area (Å²) in [5.41, 5.74) is 6.02. The smallest absolute Gasteiger partial charge is 0.311 e. The lowest BCUT2D eigenvalue weighted by atomic mass is 9.82. The molecule has 2 bridgehead atoms. The van der Waals surface area contributed by atoms with Gasteiger partial charge in [-0.25, -0.2) is 0 Å². The quantitative estimate of drug-likeness (QED) is 0.175. The summed E-state index contributed by atoms with van der Waals surface area (Å²) in [5, 5.41) is 118. The normalized spacial score (nSPS) is 42.3. The molecule has 18 heteroatoms. The summed E-state index contributed by atoms with van der Waals surface area (Å²) in [6.45, 7) is 6.78. The van der Waals surface area contributed by atoms with E-state index in [1.54, 1.807) is 38.2 Å². The molecule has 3 heterocycles. The zero-order chi connectivity index (χ0) is 48.4. The summed E-state index contributed by atoms with van der Waals surface area (Å²) >= 11 is 0. The molecule has 2 fully saturated rings. The van der Waals surface area contributed by atoms with E-state index in [4.69, 9.17) is 24.7 Å². The van der Waals surface area contributed by atoms with Crippen LogP contribution in [0.3, 0.4) is 0 Å². The van der Waals surface area contributed by atoms with E-state index in [1.165, 1.54) is 13.0 Å². The Hall–Kier alpha value is -3.18. The van der Waals surface area contributed by atoms with Crippen molar-refractivity contribution in [2.75, 3.05) is 0 Å². The predicted octanol–water partition coefficient (Wildman–Crippen LogP) is 0.936. The number of aliphatic hydroxyl groups is 10. The van der Waals surface area contributed by atoms with Crippen molar-refractivity contribution in [2.45, 2.75) is 189 Å². The molecule has 0 saturated carbocycles. The molecule has 3 aliphatic heterocycles. The third-order valence-electron chi connectivity index (χ3n) is 12.2. The van der Waals surface area contributed by atoms with Crippen molar-refractivity contribution in [3.05, 3.63) is 72.9 Å². The molecule has 18 nitrogen and oxygen atoms in total. The van der Waals surface area contributed by atoms with Crippen molar-refractivity contribution < 1.29 is 84.7 Å². The Kier molecular flexibility index (Phi) is 23.8. The van der Waals surface area contributed by atoms with Gasteiger partial charge in [-0.05, 0) is 52.4 Å². The molecule has 370 valence electrons. The van der Waals surface area contributed by atoms with Gasteiger partial charge in [-0.2, -0.15) is 0 Å². The number of fused-ring (bicyclic) bond motifs is 2. The topological polar surface area (TPSA) is 320 Å². The maximum atomic E-state index is 12.6. The molecule has 0 unspecified atom stereocenters. The van der Waals surface area contributed by atoms with Gasteiger partial charge in [0.15, 0.2) is 12.1 Å². The Morgan fingerprint density at radius 1 is 0.692 bits per heavy atom. The van der Waals surface area contributed by atoms with Crippen molar-refractivity contribution >= 4 is 11.9 Å². The number of hydrogen-bond donors (Lipinski definition) is 12. The summed E-state index contributed by atoms with van der Waals surface area (Å²) in [7, 11) is 0. The van der Waals surface area contributed by atoms with Gasteiger partial charge in [0.05, 0.1) is 79.6 Å². The number of cyclic esters (lactones) is 1. The molecule has 0 aliphatic carbocycles. The Labute approximate surface area is 381 Å². The number of allylic oxidation sites excluding steroid dienone is 10. The SMILES string of the molecule is C[C@@H]1[C@H](O)[C@@H](C)C=CC=CCCC=CC=CC=CC=C[C@@H](O[C@H]2O[C@H](C)[C@@H](O)[C@H](N)[C@@H]2O)C[C@@H]2O[C@@](O)(C[C@H](O)[C@@H]2C(=O)O)C[C@H](O)[C@H](O)CC[C@@H](O)C[C@@H](O)C[C@H](O)CC(=O)O[C@H]1C. The summed E-state index contributed by atoms with van der Waals surface area (Å²) in [5.74, 6) is -6.82. The second kappa shape index (κ2) is 27.6. The van der Waals surface area contributed by atoms with Gasteiger partial charge in [0, 0.05) is 31.1 Å². The van der Waals surface area contributed by atoms with Gasteiger partial charge in [-0.15, -0.1) is 0 Å². The monoisotopic (exact) mass is 926 g/mol. The van der Waals surface area contributed by atoms with Crippen LogP contribution in [0.5, 0.6) is 0 Å². The summed E-state index contributed by atoms with van der Waals surface area (Å²) in [6, 6.07) is -1.14. The highest BCUT2D eigenvalue weighted by atomic mass is 16.7. The molecule has 2 saturated heterocycles. The van der Waals surface area contributed by atoms with Gasteiger partial charge in [-0.3, -0.25) is 9.59 Å². The molecule has 3 aliphatic rings. The fourth-order valence-corrected chi connectivity index (χ4v) is 8.11. The lowest BCUT2D eigenvalue weighted by Gasteiger charge is -2.45. The molecule has 3 rings (SSSR count). The number of carboxylic acids is 1. The summed E-state index contributed by atoms with van der Waals surface area (Å²) < 4.78 is 23.2. The zero-order valence-corrected chi connectivity index (χ0v) is 37.8. The summed E-state index contributed by atoms with van der Waals surface area (Å²) in [6.07, 6.45) is 2.28. The van der Waals surface area contributed by atoms with E-state index in [1.807, 2.05) is 49.5 Å². The van der Waals surface area contributed by atoms with Crippen LogP contribution in [-0.4, -0.2) is 166 Å². The van der Waals surface area contributed by atoms with Crippen LogP contribution in [0.1, 0.15) is 91.9 Å². The highest BCUT2D eigenvalue weighted by Gasteiger charge is 2.51. The molecule has 19 atom stereocenters. The summed E-state index contributed by atoms with van der Waals surface area (Å²) in [4.78, 5) is 25.1. The number of hydrogen-bond acceptors (Lipinski definition) is 17. The molecule has 0 amide bonds. The van der Waals surface area contributed by atoms with Crippen LogP contribution in [0.2, 0.25) is 0 Å². The van der Waals surface area contributed by atoms with Gasteiger partial charge in [0.1, 0.15) is 18.1 Å². The molecular weight excluding hydrogens is 851 g/mol. The Morgan fingerprint density at radius 3 is 1.94 bits per heavy atom. The average Bonchev–Trinajstić information content (AvgIpc) is 3.21. The minimum atomic E-state index is -2.35. The van der Waals surface area contributed by atoms with E-state index in [9.17, 15) is 65.8 Å². The Bertz CT molecular complexity index is 1620. The number of carboxylic acid groups (broad SMARTS) is 1. The van der Waals surface area contributed by atoms with Crippen molar-refractivity contribution in [3.63, 3.8) is 0 Å². The van der Waals surface area contributed by atoms with Crippen LogP contribution >= 0.6 is 0 Å². The highest BCUT2D eigenvalue weighted by molar-refractivity contribution is 5.71. The first kappa shape index (κ1) is 56.1. The number of ether oxygens (including phenoxy) is 4. The van der Waals surface area contributed by atoms with Gasteiger partial charge >= 0.3 is 11.9 Å². The maximum Gasteiger partial charge on any atom is 0.311 e. The van der Waals surface area contributed by atoms with Gasteiger partial charge in [0.2, 0.25) is 0 Å². The van der Waals surface area contributed by atoms with Crippen LogP contribution in [-0.2, 0) is 28.5 Å². The molecule has 13 N–H and O–H groups in total. The van der Waals surface area contributed by atoms with Crippen LogP contribution in [0, 0.1) is 17.8 Å². The fraction of sp³-hybridized carbons (Fsp3) is 0.702. The fourth-order valence-electron chi connectivity index (χ4n) is 8.11. The van der Waals surface area contributed by atoms with Gasteiger partial charge < -0.3 is 80.9 Å². The number of nitrogens with two attached hydrogens (primary N) is 1. The molecule has 65 heavy (non-hydrogen) atoms. The maximum absolute atomic E-state index is 12.6.